The van der Waals surface area contributed by atoms with Crippen LogP contribution in [0.1, 0.15) is 22.3 Å². The van der Waals surface area contributed by atoms with Crippen LogP contribution < -0.4 is 0 Å². The molecule has 0 unspecified atom stereocenters. The van der Waals surface area contributed by atoms with Gasteiger partial charge in [0.25, 0.3) is 0 Å². The summed E-state index contributed by atoms with van der Waals surface area (Å²) in [4.78, 5) is 5.18. The topological polar surface area (TPSA) is 26.0 Å². The van der Waals surface area contributed by atoms with E-state index in [-0.39, 0.29) is 0 Å². The summed E-state index contributed by atoms with van der Waals surface area (Å²) >= 11 is 0. The highest BCUT2D eigenvalue weighted by Gasteiger charge is 2.46. The van der Waals surface area contributed by atoms with Crippen molar-refractivity contribution in [1.82, 2.24) is 4.98 Å². The zero-order chi connectivity index (χ0) is 33.1. The number of nitrogens with zero attached hydrogens (tertiary/aromatic N) is 1. The van der Waals surface area contributed by atoms with Gasteiger partial charge in [0.05, 0.1) is 16.8 Å². The summed E-state index contributed by atoms with van der Waals surface area (Å²) in [5, 5.41) is 2.22. The average molecular weight is 638 g/mol. The van der Waals surface area contributed by atoms with Gasteiger partial charge in [0, 0.05) is 21.9 Å². The summed E-state index contributed by atoms with van der Waals surface area (Å²) in [6.07, 6.45) is 0. The van der Waals surface area contributed by atoms with E-state index in [0.717, 1.165) is 55.6 Å². The van der Waals surface area contributed by atoms with Crippen molar-refractivity contribution in [2.75, 3.05) is 0 Å². The first kappa shape index (κ1) is 28.5. The quantitative estimate of drug-likeness (QED) is 0.188. The fraction of sp³-hybridized carbons (Fsp3) is 0.0208. The first-order chi connectivity index (χ1) is 24.8. The second-order valence-corrected chi connectivity index (χ2v) is 13.1. The van der Waals surface area contributed by atoms with Crippen molar-refractivity contribution in [1.29, 1.82) is 0 Å². The predicted octanol–water partition coefficient (Wildman–Crippen LogP) is 12.3. The van der Waals surface area contributed by atoms with Crippen molar-refractivity contribution in [3.63, 3.8) is 0 Å². The maximum Gasteiger partial charge on any atom is 0.136 e. The number of aromatic nitrogens is 1. The Bertz CT molecular complexity index is 2580. The van der Waals surface area contributed by atoms with Crippen molar-refractivity contribution in [2.45, 2.75) is 5.41 Å². The number of fused-ring (bicyclic) bond motifs is 6. The first-order valence-electron chi connectivity index (χ1n) is 17.1. The SMILES string of the molecule is c1ccc(-c2cc(-c3ccccc3)nc(-c3ccc4c(c3)oc3cc5c(cc34)-c3ccccc3C5(c3ccccc3)c3ccccc3)c2)cc1. The fourth-order valence-electron chi connectivity index (χ4n) is 8.10. The molecule has 0 N–H and O–H groups in total. The fourth-order valence-corrected chi connectivity index (χ4v) is 8.10. The van der Waals surface area contributed by atoms with Crippen LogP contribution in [0.2, 0.25) is 0 Å². The van der Waals surface area contributed by atoms with Crippen LogP contribution >= 0.6 is 0 Å². The summed E-state index contributed by atoms with van der Waals surface area (Å²) in [6, 6.07) is 67.1. The van der Waals surface area contributed by atoms with Gasteiger partial charge in [0.2, 0.25) is 0 Å². The molecule has 2 heteroatoms. The Labute approximate surface area is 291 Å². The van der Waals surface area contributed by atoms with E-state index in [2.05, 4.69) is 182 Å². The lowest BCUT2D eigenvalue weighted by atomic mass is 9.67. The molecule has 0 saturated heterocycles. The standard InChI is InChI=1S/C48H31NO/c1-5-15-32(16-6-1)35-27-44(33-17-7-2-8-18-33)49-45(28-35)34-25-26-39-41-30-40-38-23-13-14-24-42(38)48(36-19-9-3-10-20-36,37-21-11-4-12-22-37)43(40)31-47(41)50-46(39)29-34/h1-31H. The van der Waals surface area contributed by atoms with Gasteiger partial charge >= 0.3 is 0 Å². The molecule has 2 aromatic heterocycles. The predicted molar refractivity (Wildman–Crippen MR) is 205 cm³/mol. The van der Waals surface area contributed by atoms with Crippen LogP contribution in [0.5, 0.6) is 0 Å². The van der Waals surface area contributed by atoms with Crippen molar-refractivity contribution in [2.24, 2.45) is 0 Å². The number of rotatable bonds is 5. The summed E-state index contributed by atoms with van der Waals surface area (Å²) < 4.78 is 6.81. The minimum absolute atomic E-state index is 0.470. The maximum absolute atomic E-state index is 6.81. The van der Waals surface area contributed by atoms with Crippen molar-refractivity contribution in [3.8, 4) is 44.8 Å². The molecular formula is C48H31NO. The number of furan rings is 1. The normalized spacial score (nSPS) is 13.0. The molecule has 7 aromatic carbocycles. The van der Waals surface area contributed by atoms with Crippen LogP contribution in [0.25, 0.3) is 66.7 Å². The van der Waals surface area contributed by atoms with Crippen LogP contribution in [0.15, 0.2) is 192 Å². The smallest absolute Gasteiger partial charge is 0.136 e. The van der Waals surface area contributed by atoms with Gasteiger partial charge in [-0.15, -0.1) is 0 Å². The van der Waals surface area contributed by atoms with Crippen LogP contribution in [-0.2, 0) is 5.41 Å². The Morgan fingerprint density at radius 1 is 0.360 bits per heavy atom. The Kier molecular flexibility index (Phi) is 6.43. The van der Waals surface area contributed by atoms with Crippen LogP contribution in [0.3, 0.4) is 0 Å². The van der Waals surface area contributed by atoms with E-state index < -0.39 is 5.41 Å². The molecule has 50 heavy (non-hydrogen) atoms. The van der Waals surface area contributed by atoms with Gasteiger partial charge in [0.1, 0.15) is 11.2 Å². The number of pyridine rings is 1. The molecule has 9 aromatic rings. The van der Waals surface area contributed by atoms with Crippen LogP contribution in [0.4, 0.5) is 0 Å². The van der Waals surface area contributed by atoms with Gasteiger partial charge in [-0.1, -0.05) is 152 Å². The van der Waals surface area contributed by atoms with Gasteiger partial charge < -0.3 is 4.42 Å². The highest BCUT2D eigenvalue weighted by atomic mass is 16.3. The van der Waals surface area contributed by atoms with Crippen molar-refractivity contribution >= 4 is 21.9 Å². The monoisotopic (exact) mass is 637 g/mol. The van der Waals surface area contributed by atoms with E-state index in [1.54, 1.807) is 0 Å². The molecule has 2 heterocycles. The molecule has 0 atom stereocenters. The van der Waals surface area contributed by atoms with E-state index >= 15 is 0 Å². The Morgan fingerprint density at radius 2 is 0.920 bits per heavy atom. The molecule has 0 spiro atoms. The van der Waals surface area contributed by atoms with Gasteiger partial charge in [-0.3, -0.25) is 0 Å². The number of hydrogen-bond donors (Lipinski definition) is 0. The van der Waals surface area contributed by atoms with E-state index in [0.29, 0.717) is 0 Å². The largest absolute Gasteiger partial charge is 0.456 e. The van der Waals surface area contributed by atoms with Crippen LogP contribution in [0, 0.1) is 0 Å². The summed E-state index contributed by atoms with van der Waals surface area (Å²) in [6.45, 7) is 0. The second kappa shape index (κ2) is 11.3. The van der Waals surface area contributed by atoms with E-state index in [1.807, 2.05) is 6.07 Å². The molecule has 0 bridgehead atoms. The van der Waals surface area contributed by atoms with Gasteiger partial charge in [0.15, 0.2) is 0 Å². The summed E-state index contributed by atoms with van der Waals surface area (Å²) in [5.74, 6) is 0. The molecule has 0 radical (unpaired) electrons. The lowest BCUT2D eigenvalue weighted by Crippen LogP contribution is -2.28. The Morgan fingerprint density at radius 3 is 1.60 bits per heavy atom. The molecular weight excluding hydrogens is 607 g/mol. The van der Waals surface area contributed by atoms with E-state index in [1.165, 1.54) is 33.4 Å². The van der Waals surface area contributed by atoms with Crippen LogP contribution in [-0.4, -0.2) is 4.98 Å². The third-order valence-electron chi connectivity index (χ3n) is 10.3. The average Bonchev–Trinajstić information content (AvgIpc) is 3.70. The maximum atomic E-state index is 6.81. The number of hydrogen-bond acceptors (Lipinski definition) is 2. The zero-order valence-corrected chi connectivity index (χ0v) is 27.3. The molecule has 1 aliphatic rings. The van der Waals surface area contributed by atoms with E-state index in [9.17, 15) is 0 Å². The molecule has 0 amide bonds. The lowest BCUT2D eigenvalue weighted by Gasteiger charge is -2.33. The Hall–Kier alpha value is -6.51. The molecule has 234 valence electrons. The second-order valence-electron chi connectivity index (χ2n) is 13.1. The van der Waals surface area contributed by atoms with Gasteiger partial charge in [-0.2, -0.15) is 0 Å². The van der Waals surface area contributed by atoms with E-state index in [4.69, 9.17) is 9.40 Å². The highest BCUT2D eigenvalue weighted by Crippen LogP contribution is 2.57. The highest BCUT2D eigenvalue weighted by molar-refractivity contribution is 6.09. The summed E-state index contributed by atoms with van der Waals surface area (Å²) in [7, 11) is 0. The zero-order valence-electron chi connectivity index (χ0n) is 27.3. The minimum atomic E-state index is -0.470. The molecule has 10 rings (SSSR count). The minimum Gasteiger partial charge on any atom is -0.456 e. The molecule has 0 aliphatic heterocycles. The third kappa shape index (κ3) is 4.32. The van der Waals surface area contributed by atoms with Gasteiger partial charge in [-0.25, -0.2) is 4.98 Å². The third-order valence-corrected chi connectivity index (χ3v) is 10.3. The molecule has 1 aliphatic carbocycles. The van der Waals surface area contributed by atoms with Crippen molar-refractivity contribution < 1.29 is 4.42 Å². The molecule has 0 saturated carbocycles. The Balaban J connectivity index is 1.18. The number of benzene rings is 7. The summed E-state index contributed by atoms with van der Waals surface area (Å²) in [5.41, 5.74) is 15.1. The first-order valence-corrected chi connectivity index (χ1v) is 17.1. The van der Waals surface area contributed by atoms with Crippen molar-refractivity contribution in [3.05, 3.63) is 210 Å². The molecule has 0 fully saturated rings. The molecule has 2 nitrogen and oxygen atoms in total. The van der Waals surface area contributed by atoms with Gasteiger partial charge in [-0.05, 0) is 80.9 Å². The lowest BCUT2D eigenvalue weighted by molar-refractivity contribution is 0.666.